The summed E-state index contributed by atoms with van der Waals surface area (Å²) < 4.78 is 1.15. The highest BCUT2D eigenvalue weighted by Crippen LogP contribution is 2.32. The van der Waals surface area contributed by atoms with Gasteiger partial charge in [-0.15, -0.1) is 23.7 Å². The molecule has 0 aliphatic carbocycles. The highest BCUT2D eigenvalue weighted by atomic mass is 35.5. The molecule has 3 saturated heterocycles. The quantitative estimate of drug-likeness (QED) is 0.924. The summed E-state index contributed by atoms with van der Waals surface area (Å²) in [4.78, 5) is 19.5. The van der Waals surface area contributed by atoms with Gasteiger partial charge < -0.3 is 5.32 Å². The molecule has 2 atom stereocenters. The van der Waals surface area contributed by atoms with Gasteiger partial charge in [0.15, 0.2) is 0 Å². The Morgan fingerprint density at radius 1 is 1.35 bits per heavy atom. The first kappa shape index (κ1) is 16.7. The van der Waals surface area contributed by atoms with Gasteiger partial charge in [-0.25, -0.2) is 4.98 Å². The van der Waals surface area contributed by atoms with Crippen LogP contribution in [0.2, 0.25) is 0 Å². The van der Waals surface area contributed by atoms with Gasteiger partial charge in [0.25, 0.3) is 0 Å². The molecule has 0 unspecified atom stereocenters. The van der Waals surface area contributed by atoms with Crippen LogP contribution >= 0.6 is 23.7 Å². The number of aromatic nitrogens is 1. The Bertz CT molecular complexity index is 661. The first-order chi connectivity index (χ1) is 10.7. The Labute approximate surface area is 146 Å². The molecule has 4 nitrogen and oxygen atoms in total. The van der Waals surface area contributed by atoms with Crippen molar-refractivity contribution in [3.63, 3.8) is 0 Å². The molecule has 3 aliphatic rings. The van der Waals surface area contributed by atoms with E-state index in [0.717, 1.165) is 15.2 Å². The SMILES string of the molecule is C[C@@H]1[C@H](NC(=O)Cc2nc3ccccc3s2)C2CCN1CC2.Cl. The first-order valence-corrected chi connectivity index (χ1v) is 8.90. The summed E-state index contributed by atoms with van der Waals surface area (Å²) in [6, 6.07) is 8.84. The third-order valence-corrected chi connectivity index (χ3v) is 6.19. The van der Waals surface area contributed by atoms with E-state index < -0.39 is 0 Å². The molecule has 2 bridgehead atoms. The van der Waals surface area contributed by atoms with Gasteiger partial charge in [0.2, 0.25) is 5.91 Å². The van der Waals surface area contributed by atoms with E-state index in [-0.39, 0.29) is 18.3 Å². The van der Waals surface area contributed by atoms with E-state index in [1.165, 1.54) is 25.9 Å². The number of nitrogens with one attached hydrogen (secondary N) is 1. The minimum atomic E-state index is 0. The van der Waals surface area contributed by atoms with E-state index in [9.17, 15) is 4.79 Å². The highest BCUT2D eigenvalue weighted by molar-refractivity contribution is 7.18. The molecule has 124 valence electrons. The molecule has 23 heavy (non-hydrogen) atoms. The molecule has 4 heterocycles. The van der Waals surface area contributed by atoms with Crippen LogP contribution in [0, 0.1) is 5.92 Å². The zero-order valence-electron chi connectivity index (χ0n) is 13.2. The Hall–Kier alpha value is -1.17. The summed E-state index contributed by atoms with van der Waals surface area (Å²) in [6.45, 7) is 4.63. The molecule has 1 N–H and O–H groups in total. The lowest BCUT2D eigenvalue weighted by molar-refractivity contribution is -0.123. The van der Waals surface area contributed by atoms with Gasteiger partial charge in [0.05, 0.1) is 16.6 Å². The van der Waals surface area contributed by atoms with Crippen molar-refractivity contribution < 1.29 is 4.79 Å². The predicted molar refractivity (Wildman–Crippen MR) is 96.3 cm³/mol. The van der Waals surface area contributed by atoms with E-state index in [2.05, 4.69) is 28.2 Å². The van der Waals surface area contributed by atoms with Crippen molar-refractivity contribution in [2.45, 2.75) is 38.3 Å². The molecule has 3 fully saturated rings. The molecule has 0 radical (unpaired) electrons. The molecule has 1 aromatic heterocycles. The number of hydrogen-bond donors (Lipinski definition) is 1. The van der Waals surface area contributed by atoms with Crippen LogP contribution in [-0.4, -0.2) is 41.0 Å². The van der Waals surface area contributed by atoms with Crippen molar-refractivity contribution in [3.05, 3.63) is 29.3 Å². The van der Waals surface area contributed by atoms with E-state index in [4.69, 9.17) is 0 Å². The van der Waals surface area contributed by atoms with Crippen LogP contribution < -0.4 is 5.32 Å². The molecule has 2 aromatic rings. The summed E-state index contributed by atoms with van der Waals surface area (Å²) in [5.41, 5.74) is 0.992. The molecule has 1 amide bonds. The van der Waals surface area contributed by atoms with Crippen molar-refractivity contribution in [3.8, 4) is 0 Å². The number of nitrogens with zero attached hydrogens (tertiary/aromatic N) is 2. The van der Waals surface area contributed by atoms with Crippen LogP contribution in [0.25, 0.3) is 10.2 Å². The summed E-state index contributed by atoms with van der Waals surface area (Å²) in [5, 5.41) is 4.19. The topological polar surface area (TPSA) is 45.2 Å². The Kier molecular flexibility index (Phi) is 4.90. The maximum Gasteiger partial charge on any atom is 0.227 e. The number of fused-ring (bicyclic) bond motifs is 4. The monoisotopic (exact) mass is 351 g/mol. The van der Waals surface area contributed by atoms with Gasteiger partial charge in [-0.1, -0.05) is 12.1 Å². The van der Waals surface area contributed by atoms with Gasteiger partial charge >= 0.3 is 0 Å². The number of halogens is 1. The number of thiazole rings is 1. The summed E-state index contributed by atoms with van der Waals surface area (Å²) in [7, 11) is 0. The molecular formula is C17H22ClN3OS. The highest BCUT2D eigenvalue weighted by Gasteiger charge is 2.40. The zero-order chi connectivity index (χ0) is 15.1. The molecule has 0 spiro atoms. The fourth-order valence-electron chi connectivity index (χ4n) is 3.92. The standard InChI is InChI=1S/C17H21N3OS.ClH/c1-11-17(12-6-8-20(11)9-7-12)19-15(21)10-16-18-13-4-2-3-5-14(13)22-16;/h2-5,11-12,17H,6-10H2,1H3,(H,19,21);1H/t11-,17+;/m1./s1. The lowest BCUT2D eigenvalue weighted by Gasteiger charge is -2.49. The molecular weight excluding hydrogens is 330 g/mol. The number of piperidine rings is 3. The van der Waals surface area contributed by atoms with Crippen molar-refractivity contribution >= 4 is 39.9 Å². The van der Waals surface area contributed by atoms with Crippen LogP contribution in [0.3, 0.4) is 0 Å². The number of hydrogen-bond acceptors (Lipinski definition) is 4. The maximum atomic E-state index is 12.4. The van der Waals surface area contributed by atoms with E-state index in [0.29, 0.717) is 24.4 Å². The maximum absolute atomic E-state index is 12.4. The van der Waals surface area contributed by atoms with Crippen LogP contribution in [0.15, 0.2) is 24.3 Å². The van der Waals surface area contributed by atoms with E-state index in [1.807, 2.05) is 18.2 Å². The predicted octanol–water partition coefficient (Wildman–Crippen LogP) is 2.86. The number of carbonyl (C=O) groups is 1. The summed E-state index contributed by atoms with van der Waals surface area (Å²) >= 11 is 1.62. The summed E-state index contributed by atoms with van der Waals surface area (Å²) in [5.74, 6) is 0.768. The van der Waals surface area contributed by atoms with Gasteiger partial charge in [-0.3, -0.25) is 9.69 Å². The van der Waals surface area contributed by atoms with Crippen LogP contribution in [0.1, 0.15) is 24.8 Å². The zero-order valence-corrected chi connectivity index (χ0v) is 14.8. The van der Waals surface area contributed by atoms with Gasteiger partial charge in [0.1, 0.15) is 5.01 Å². The second-order valence-electron chi connectivity index (χ2n) is 6.46. The average Bonchev–Trinajstić information content (AvgIpc) is 2.93. The third-order valence-electron chi connectivity index (χ3n) is 5.16. The second-order valence-corrected chi connectivity index (χ2v) is 7.57. The van der Waals surface area contributed by atoms with Crippen molar-refractivity contribution in [1.82, 2.24) is 15.2 Å². The van der Waals surface area contributed by atoms with E-state index in [1.54, 1.807) is 11.3 Å². The minimum absolute atomic E-state index is 0. The number of para-hydroxylation sites is 1. The van der Waals surface area contributed by atoms with Crippen LogP contribution in [-0.2, 0) is 11.2 Å². The number of carbonyl (C=O) groups excluding carboxylic acids is 1. The van der Waals surface area contributed by atoms with Gasteiger partial charge in [-0.2, -0.15) is 0 Å². The Balaban J connectivity index is 0.00000156. The van der Waals surface area contributed by atoms with Gasteiger partial charge in [0, 0.05) is 12.1 Å². The smallest absolute Gasteiger partial charge is 0.227 e. The fourth-order valence-corrected chi connectivity index (χ4v) is 4.88. The second kappa shape index (κ2) is 6.75. The lowest BCUT2D eigenvalue weighted by Crippen LogP contribution is -2.62. The number of amides is 1. The Morgan fingerprint density at radius 2 is 2.09 bits per heavy atom. The minimum Gasteiger partial charge on any atom is -0.351 e. The number of rotatable bonds is 3. The molecule has 3 aliphatic heterocycles. The molecule has 0 saturated carbocycles. The molecule has 1 aromatic carbocycles. The number of benzene rings is 1. The van der Waals surface area contributed by atoms with Crippen LogP contribution in [0.5, 0.6) is 0 Å². The molecule has 5 rings (SSSR count). The van der Waals surface area contributed by atoms with E-state index >= 15 is 0 Å². The van der Waals surface area contributed by atoms with Crippen molar-refractivity contribution in [1.29, 1.82) is 0 Å². The molecule has 6 heteroatoms. The van der Waals surface area contributed by atoms with Crippen LogP contribution in [0.4, 0.5) is 0 Å². The average molecular weight is 352 g/mol. The van der Waals surface area contributed by atoms with Crippen molar-refractivity contribution in [2.24, 2.45) is 5.92 Å². The first-order valence-electron chi connectivity index (χ1n) is 8.08. The fraction of sp³-hybridized carbons (Fsp3) is 0.529. The van der Waals surface area contributed by atoms with Gasteiger partial charge in [-0.05, 0) is 50.9 Å². The third kappa shape index (κ3) is 3.23. The summed E-state index contributed by atoms with van der Waals surface area (Å²) in [6.07, 6.45) is 2.84. The normalized spacial score (nSPS) is 29.3. The lowest BCUT2D eigenvalue weighted by atomic mass is 9.79. The largest absolute Gasteiger partial charge is 0.351 e. The Morgan fingerprint density at radius 3 is 2.78 bits per heavy atom. The van der Waals surface area contributed by atoms with Crippen molar-refractivity contribution in [2.75, 3.05) is 13.1 Å².